The molecule has 1 aliphatic carbocycles. The molecule has 28 heavy (non-hydrogen) atoms. The summed E-state index contributed by atoms with van der Waals surface area (Å²) < 4.78 is 10.7. The van der Waals surface area contributed by atoms with Crippen molar-refractivity contribution < 1.29 is 13.7 Å². The predicted molar refractivity (Wildman–Crippen MR) is 103 cm³/mol. The number of hydrogen-bond acceptors (Lipinski definition) is 5. The summed E-state index contributed by atoms with van der Waals surface area (Å²) in [6, 6.07) is 11.3. The van der Waals surface area contributed by atoms with Crippen LogP contribution in [0.5, 0.6) is 0 Å². The second-order valence-corrected chi connectivity index (χ2v) is 8.07. The topological polar surface area (TPSA) is 72.4 Å². The van der Waals surface area contributed by atoms with Gasteiger partial charge >= 0.3 is 0 Å². The lowest BCUT2D eigenvalue weighted by atomic mass is 9.76. The van der Waals surface area contributed by atoms with E-state index in [0.717, 1.165) is 31.2 Å². The number of likely N-dealkylation sites (tertiary alicyclic amines) is 1. The molecule has 2 aromatic heterocycles. The van der Waals surface area contributed by atoms with E-state index in [1.807, 2.05) is 29.2 Å². The molecule has 144 valence electrons. The Labute approximate surface area is 167 Å². The SMILES string of the molecule is O=C(N1CC(c2nc(-c3ccco3)no2)C1)C1(c2ccc(Cl)cc2)CCCC1. The smallest absolute Gasteiger partial charge is 0.238 e. The van der Waals surface area contributed by atoms with Gasteiger partial charge in [-0.3, -0.25) is 4.79 Å². The monoisotopic (exact) mass is 397 g/mol. The van der Waals surface area contributed by atoms with Crippen LogP contribution in [0.15, 0.2) is 51.6 Å². The third-order valence-electron chi connectivity index (χ3n) is 5.96. The van der Waals surface area contributed by atoms with Crippen molar-refractivity contribution in [3.63, 3.8) is 0 Å². The molecule has 0 atom stereocenters. The number of halogens is 1. The van der Waals surface area contributed by atoms with Crippen LogP contribution in [0.1, 0.15) is 43.1 Å². The Bertz CT molecular complexity index is 969. The summed E-state index contributed by atoms with van der Waals surface area (Å²) in [7, 11) is 0. The van der Waals surface area contributed by atoms with Crippen LogP contribution in [0.4, 0.5) is 0 Å². The summed E-state index contributed by atoms with van der Waals surface area (Å²) in [5, 5.41) is 4.67. The highest BCUT2D eigenvalue weighted by Crippen LogP contribution is 2.44. The summed E-state index contributed by atoms with van der Waals surface area (Å²) in [6.07, 6.45) is 5.49. The van der Waals surface area contributed by atoms with E-state index in [2.05, 4.69) is 10.1 Å². The molecule has 2 fully saturated rings. The van der Waals surface area contributed by atoms with Crippen LogP contribution < -0.4 is 0 Å². The average Bonchev–Trinajstić information content (AvgIpc) is 3.42. The lowest BCUT2D eigenvalue weighted by Crippen LogP contribution is -2.55. The molecule has 1 saturated heterocycles. The largest absolute Gasteiger partial charge is 0.461 e. The van der Waals surface area contributed by atoms with Crippen LogP contribution in [-0.2, 0) is 10.2 Å². The number of furan rings is 1. The summed E-state index contributed by atoms with van der Waals surface area (Å²) in [5.74, 6) is 1.86. The zero-order valence-electron chi connectivity index (χ0n) is 15.3. The maximum Gasteiger partial charge on any atom is 0.238 e. The molecule has 1 aliphatic heterocycles. The average molecular weight is 398 g/mol. The fourth-order valence-corrected chi connectivity index (χ4v) is 4.51. The minimum absolute atomic E-state index is 0.0730. The van der Waals surface area contributed by atoms with Gasteiger partial charge in [0.2, 0.25) is 17.6 Å². The molecule has 1 aromatic carbocycles. The number of benzene rings is 1. The third kappa shape index (κ3) is 2.83. The van der Waals surface area contributed by atoms with E-state index in [0.29, 0.717) is 35.6 Å². The lowest BCUT2D eigenvalue weighted by Gasteiger charge is -2.43. The van der Waals surface area contributed by atoms with E-state index in [1.165, 1.54) is 0 Å². The molecule has 1 saturated carbocycles. The number of aromatic nitrogens is 2. The fourth-order valence-electron chi connectivity index (χ4n) is 4.38. The van der Waals surface area contributed by atoms with Crippen LogP contribution in [0.2, 0.25) is 5.02 Å². The van der Waals surface area contributed by atoms with Crippen LogP contribution in [0.25, 0.3) is 11.6 Å². The van der Waals surface area contributed by atoms with Gasteiger partial charge in [-0.1, -0.05) is 41.7 Å². The molecule has 0 N–H and O–H groups in total. The minimum Gasteiger partial charge on any atom is -0.461 e. The molecule has 0 spiro atoms. The van der Waals surface area contributed by atoms with E-state index in [1.54, 1.807) is 18.4 Å². The van der Waals surface area contributed by atoms with E-state index in [9.17, 15) is 4.79 Å². The van der Waals surface area contributed by atoms with Crippen molar-refractivity contribution in [2.75, 3.05) is 13.1 Å². The highest BCUT2D eigenvalue weighted by atomic mass is 35.5. The Hall–Kier alpha value is -2.60. The zero-order chi connectivity index (χ0) is 19.1. The highest BCUT2D eigenvalue weighted by Gasteiger charge is 2.48. The lowest BCUT2D eigenvalue weighted by molar-refractivity contribution is -0.142. The molecule has 0 unspecified atom stereocenters. The van der Waals surface area contributed by atoms with Gasteiger partial charge in [0.15, 0.2) is 5.76 Å². The number of carbonyl (C=O) groups excluding carboxylic acids is 1. The number of carbonyl (C=O) groups is 1. The number of nitrogens with zero attached hydrogens (tertiary/aromatic N) is 3. The quantitative estimate of drug-likeness (QED) is 0.651. The van der Waals surface area contributed by atoms with Gasteiger partial charge in [0, 0.05) is 18.1 Å². The first-order chi connectivity index (χ1) is 13.7. The summed E-state index contributed by atoms with van der Waals surface area (Å²) in [5.41, 5.74) is 0.643. The van der Waals surface area contributed by atoms with Gasteiger partial charge < -0.3 is 13.8 Å². The van der Waals surface area contributed by atoms with Crippen molar-refractivity contribution in [2.24, 2.45) is 0 Å². The molecule has 3 aromatic rings. The van der Waals surface area contributed by atoms with Gasteiger partial charge in [-0.05, 0) is 42.7 Å². The van der Waals surface area contributed by atoms with Gasteiger partial charge in [0.05, 0.1) is 17.6 Å². The first kappa shape index (κ1) is 17.5. The number of hydrogen-bond donors (Lipinski definition) is 0. The van der Waals surface area contributed by atoms with Gasteiger partial charge in [0.1, 0.15) is 0 Å². The standard InChI is InChI=1S/C21H20ClN3O3/c22-16-7-5-15(6-8-16)21(9-1-2-10-21)20(26)25-12-14(13-25)19-23-18(24-28-19)17-4-3-11-27-17/h3-8,11,14H,1-2,9-10,12-13H2. The zero-order valence-corrected chi connectivity index (χ0v) is 16.1. The Morgan fingerprint density at radius 3 is 2.57 bits per heavy atom. The third-order valence-corrected chi connectivity index (χ3v) is 6.22. The van der Waals surface area contributed by atoms with E-state index in [-0.39, 0.29) is 11.8 Å². The molecule has 1 amide bonds. The van der Waals surface area contributed by atoms with Crippen molar-refractivity contribution in [3.8, 4) is 11.6 Å². The Morgan fingerprint density at radius 1 is 1.14 bits per heavy atom. The van der Waals surface area contributed by atoms with Crippen molar-refractivity contribution in [1.82, 2.24) is 15.0 Å². The number of amides is 1. The van der Waals surface area contributed by atoms with Gasteiger partial charge in [-0.25, -0.2) is 0 Å². The maximum absolute atomic E-state index is 13.4. The minimum atomic E-state index is -0.427. The molecule has 5 rings (SSSR count). The van der Waals surface area contributed by atoms with Crippen LogP contribution in [0.3, 0.4) is 0 Å². The maximum atomic E-state index is 13.4. The molecule has 0 bridgehead atoms. The van der Waals surface area contributed by atoms with Crippen molar-refractivity contribution in [2.45, 2.75) is 37.0 Å². The van der Waals surface area contributed by atoms with Crippen LogP contribution >= 0.6 is 11.6 Å². The second-order valence-electron chi connectivity index (χ2n) is 7.64. The molecule has 3 heterocycles. The summed E-state index contributed by atoms with van der Waals surface area (Å²) in [6.45, 7) is 1.21. The summed E-state index contributed by atoms with van der Waals surface area (Å²) in [4.78, 5) is 19.8. The molecular formula is C21H20ClN3O3. The molecule has 2 aliphatic rings. The normalized spacial score (nSPS) is 19.0. The van der Waals surface area contributed by atoms with Crippen LogP contribution in [-0.4, -0.2) is 34.0 Å². The van der Waals surface area contributed by atoms with Crippen molar-refractivity contribution in [1.29, 1.82) is 0 Å². The van der Waals surface area contributed by atoms with Gasteiger partial charge in [-0.2, -0.15) is 4.98 Å². The van der Waals surface area contributed by atoms with Gasteiger partial charge in [0.25, 0.3) is 0 Å². The predicted octanol–water partition coefficient (Wildman–Crippen LogP) is 4.42. The van der Waals surface area contributed by atoms with Crippen molar-refractivity contribution >= 4 is 17.5 Å². The first-order valence-corrected chi connectivity index (χ1v) is 9.96. The molecular weight excluding hydrogens is 378 g/mol. The van der Waals surface area contributed by atoms with Crippen molar-refractivity contribution in [3.05, 3.63) is 59.1 Å². The fraction of sp³-hybridized carbons (Fsp3) is 0.381. The Morgan fingerprint density at radius 2 is 1.89 bits per heavy atom. The molecule has 7 heteroatoms. The van der Waals surface area contributed by atoms with E-state index in [4.69, 9.17) is 20.5 Å². The van der Waals surface area contributed by atoms with E-state index >= 15 is 0 Å². The van der Waals surface area contributed by atoms with Gasteiger partial charge in [-0.15, -0.1) is 0 Å². The Balaban J connectivity index is 1.31. The van der Waals surface area contributed by atoms with E-state index < -0.39 is 5.41 Å². The number of rotatable bonds is 4. The van der Waals surface area contributed by atoms with Crippen LogP contribution in [0, 0.1) is 0 Å². The first-order valence-electron chi connectivity index (χ1n) is 9.59. The Kier molecular flexibility index (Phi) is 4.23. The highest BCUT2D eigenvalue weighted by molar-refractivity contribution is 6.30. The molecule has 6 nitrogen and oxygen atoms in total. The molecule has 0 radical (unpaired) electrons. The summed E-state index contributed by atoms with van der Waals surface area (Å²) >= 11 is 6.04. The second kappa shape index (κ2) is 6.78.